The highest BCUT2D eigenvalue weighted by molar-refractivity contribution is 6.30. The van der Waals surface area contributed by atoms with Crippen LogP contribution in [0.3, 0.4) is 0 Å². The summed E-state index contributed by atoms with van der Waals surface area (Å²) in [5.41, 5.74) is 5.11. The Balaban J connectivity index is 1.21. The molecule has 0 spiro atoms. The first-order valence-electron chi connectivity index (χ1n) is 11.7. The predicted octanol–water partition coefficient (Wildman–Crippen LogP) is 4.84. The van der Waals surface area contributed by atoms with Crippen LogP contribution in [0.4, 0.5) is 5.69 Å². The second kappa shape index (κ2) is 9.97. The minimum absolute atomic E-state index is 0.280. The van der Waals surface area contributed by atoms with Crippen molar-refractivity contribution in [2.45, 2.75) is 31.3 Å². The molecule has 1 N–H and O–H groups in total. The van der Waals surface area contributed by atoms with Gasteiger partial charge in [-0.25, -0.2) is 4.98 Å². The summed E-state index contributed by atoms with van der Waals surface area (Å²) >= 11 is 5.97. The smallest absolute Gasteiger partial charge is 0.113 e. The number of likely N-dealkylation sites (tertiary alicyclic amines) is 1. The van der Waals surface area contributed by atoms with Gasteiger partial charge in [0, 0.05) is 53.2 Å². The zero-order valence-electron chi connectivity index (χ0n) is 18.6. The van der Waals surface area contributed by atoms with E-state index in [0.29, 0.717) is 12.1 Å². The Bertz CT molecular complexity index is 1130. The molecule has 1 unspecified atom stereocenters. The molecule has 2 saturated heterocycles. The number of hydrogen-bond donors (Lipinski definition) is 1. The SMILES string of the molecule is OC[C@@H]1CCCN1C1CCN(c2ccc(C#Cc3ccc(-c4ccc(Cl)cc4)cn3)cc2)C1. The minimum Gasteiger partial charge on any atom is -0.395 e. The molecule has 2 aromatic carbocycles. The van der Waals surface area contributed by atoms with Crippen molar-refractivity contribution in [3.8, 4) is 23.0 Å². The molecular weight excluding hydrogens is 430 g/mol. The van der Waals surface area contributed by atoms with Gasteiger partial charge in [-0.15, -0.1) is 0 Å². The van der Waals surface area contributed by atoms with E-state index >= 15 is 0 Å². The fourth-order valence-electron chi connectivity index (χ4n) is 4.95. The molecule has 2 aliphatic heterocycles. The van der Waals surface area contributed by atoms with Gasteiger partial charge in [-0.05, 0) is 79.8 Å². The highest BCUT2D eigenvalue weighted by Crippen LogP contribution is 2.28. The summed E-state index contributed by atoms with van der Waals surface area (Å²) in [5.74, 6) is 6.39. The molecule has 2 aliphatic rings. The van der Waals surface area contributed by atoms with Crippen molar-refractivity contribution < 1.29 is 5.11 Å². The largest absolute Gasteiger partial charge is 0.395 e. The average molecular weight is 458 g/mol. The number of aromatic nitrogens is 1. The highest BCUT2D eigenvalue weighted by Gasteiger charge is 2.34. The molecule has 1 aromatic heterocycles. The van der Waals surface area contributed by atoms with Crippen molar-refractivity contribution in [2.75, 3.05) is 31.1 Å². The van der Waals surface area contributed by atoms with Crippen LogP contribution in [0.25, 0.3) is 11.1 Å². The van der Waals surface area contributed by atoms with E-state index < -0.39 is 0 Å². The molecule has 33 heavy (non-hydrogen) atoms. The topological polar surface area (TPSA) is 39.6 Å². The summed E-state index contributed by atoms with van der Waals surface area (Å²) in [6.07, 6.45) is 5.34. The van der Waals surface area contributed by atoms with Crippen LogP contribution in [-0.2, 0) is 0 Å². The molecule has 168 valence electrons. The van der Waals surface area contributed by atoms with Crippen molar-refractivity contribution >= 4 is 17.3 Å². The third-order valence-electron chi connectivity index (χ3n) is 6.77. The van der Waals surface area contributed by atoms with Crippen molar-refractivity contribution in [1.82, 2.24) is 9.88 Å². The minimum atomic E-state index is 0.280. The van der Waals surface area contributed by atoms with E-state index in [1.807, 2.05) is 42.6 Å². The van der Waals surface area contributed by atoms with E-state index in [-0.39, 0.29) is 6.61 Å². The molecule has 2 atom stereocenters. The number of aliphatic hydroxyl groups excluding tert-OH is 1. The van der Waals surface area contributed by atoms with Gasteiger partial charge in [0.1, 0.15) is 5.69 Å². The molecule has 4 nitrogen and oxygen atoms in total. The van der Waals surface area contributed by atoms with Crippen molar-refractivity contribution in [2.24, 2.45) is 0 Å². The van der Waals surface area contributed by atoms with Crippen LogP contribution < -0.4 is 4.90 Å². The molecular formula is C28H28ClN3O. The molecule has 0 bridgehead atoms. The number of aliphatic hydroxyl groups is 1. The fourth-order valence-corrected chi connectivity index (χ4v) is 5.08. The molecule has 0 saturated carbocycles. The molecule has 0 aliphatic carbocycles. The third kappa shape index (κ3) is 5.07. The first kappa shape index (κ1) is 22.0. The maximum absolute atomic E-state index is 9.64. The van der Waals surface area contributed by atoms with E-state index in [9.17, 15) is 5.11 Å². The molecule has 0 amide bonds. The number of hydrogen-bond acceptors (Lipinski definition) is 4. The van der Waals surface area contributed by atoms with Gasteiger partial charge in [-0.3, -0.25) is 4.90 Å². The number of anilines is 1. The number of pyridine rings is 1. The molecule has 3 heterocycles. The van der Waals surface area contributed by atoms with E-state index in [0.717, 1.165) is 59.9 Å². The normalized spacial score (nSPS) is 20.6. The monoisotopic (exact) mass is 457 g/mol. The van der Waals surface area contributed by atoms with Crippen molar-refractivity contribution in [1.29, 1.82) is 0 Å². The second-order valence-corrected chi connectivity index (χ2v) is 9.28. The van der Waals surface area contributed by atoms with Gasteiger partial charge in [0.2, 0.25) is 0 Å². The van der Waals surface area contributed by atoms with Crippen LogP contribution in [0.5, 0.6) is 0 Å². The lowest BCUT2D eigenvalue weighted by Crippen LogP contribution is -2.42. The number of nitrogens with zero attached hydrogens (tertiary/aromatic N) is 3. The maximum Gasteiger partial charge on any atom is 0.113 e. The van der Waals surface area contributed by atoms with Gasteiger partial charge in [-0.2, -0.15) is 0 Å². The van der Waals surface area contributed by atoms with Gasteiger partial charge >= 0.3 is 0 Å². The highest BCUT2D eigenvalue weighted by atomic mass is 35.5. The van der Waals surface area contributed by atoms with E-state index in [1.165, 1.54) is 12.1 Å². The summed E-state index contributed by atoms with van der Waals surface area (Å²) in [7, 11) is 0. The maximum atomic E-state index is 9.64. The lowest BCUT2D eigenvalue weighted by atomic mass is 10.1. The van der Waals surface area contributed by atoms with E-state index in [2.05, 4.69) is 50.9 Å². The Morgan fingerprint density at radius 1 is 0.909 bits per heavy atom. The van der Waals surface area contributed by atoms with Crippen LogP contribution >= 0.6 is 11.6 Å². The number of rotatable bonds is 4. The molecule has 5 heteroatoms. The summed E-state index contributed by atoms with van der Waals surface area (Å²) in [5, 5.41) is 10.4. The zero-order chi connectivity index (χ0) is 22.6. The Hall–Kier alpha value is -2.84. The Morgan fingerprint density at radius 2 is 1.70 bits per heavy atom. The standard InChI is InChI=1S/C28H28ClN3O/c29-24-9-6-22(7-10-24)23-8-12-25(30-18-23)11-3-21-4-13-26(14-5-21)31-17-15-27(19-31)32-16-1-2-28(32)20-33/h4-10,12-14,18,27-28,33H,1-2,15-17,19-20H2/t27?,28-/m0/s1. The molecule has 5 rings (SSSR count). The van der Waals surface area contributed by atoms with E-state index in [1.54, 1.807) is 0 Å². The zero-order valence-corrected chi connectivity index (χ0v) is 19.4. The number of halogens is 1. The van der Waals surface area contributed by atoms with Crippen LogP contribution in [0.15, 0.2) is 66.9 Å². The van der Waals surface area contributed by atoms with Crippen LogP contribution in [0.1, 0.15) is 30.5 Å². The third-order valence-corrected chi connectivity index (χ3v) is 7.03. The van der Waals surface area contributed by atoms with Gasteiger partial charge in [0.15, 0.2) is 0 Å². The summed E-state index contributed by atoms with van der Waals surface area (Å²) in [6, 6.07) is 21.1. The van der Waals surface area contributed by atoms with Gasteiger partial charge in [0.05, 0.1) is 6.61 Å². The van der Waals surface area contributed by atoms with Crippen LogP contribution in [-0.4, -0.2) is 53.3 Å². The van der Waals surface area contributed by atoms with Gasteiger partial charge in [-0.1, -0.05) is 35.7 Å². The first-order valence-corrected chi connectivity index (χ1v) is 12.0. The summed E-state index contributed by atoms with van der Waals surface area (Å²) < 4.78 is 0. The Kier molecular flexibility index (Phi) is 6.64. The average Bonchev–Trinajstić information content (AvgIpc) is 3.53. The van der Waals surface area contributed by atoms with Crippen molar-refractivity contribution in [3.05, 3.63) is 83.1 Å². The van der Waals surface area contributed by atoms with Crippen LogP contribution in [0.2, 0.25) is 5.02 Å². The van der Waals surface area contributed by atoms with Crippen LogP contribution in [0, 0.1) is 11.8 Å². The first-order chi connectivity index (χ1) is 16.2. The lowest BCUT2D eigenvalue weighted by Gasteiger charge is -2.29. The number of benzene rings is 2. The predicted molar refractivity (Wildman–Crippen MR) is 135 cm³/mol. The quantitative estimate of drug-likeness (QED) is 0.569. The Morgan fingerprint density at radius 3 is 2.42 bits per heavy atom. The Labute approximate surface area is 200 Å². The fraction of sp³-hybridized carbons (Fsp3) is 0.321. The summed E-state index contributed by atoms with van der Waals surface area (Å²) in [4.78, 5) is 9.46. The van der Waals surface area contributed by atoms with E-state index in [4.69, 9.17) is 11.6 Å². The molecule has 0 radical (unpaired) electrons. The lowest BCUT2D eigenvalue weighted by molar-refractivity contribution is 0.126. The molecule has 3 aromatic rings. The second-order valence-electron chi connectivity index (χ2n) is 8.84. The van der Waals surface area contributed by atoms with Gasteiger partial charge in [0.25, 0.3) is 0 Å². The van der Waals surface area contributed by atoms with Crippen molar-refractivity contribution in [3.63, 3.8) is 0 Å². The summed E-state index contributed by atoms with van der Waals surface area (Å²) in [6.45, 7) is 3.50. The van der Waals surface area contributed by atoms with Gasteiger partial charge < -0.3 is 10.0 Å². The molecule has 2 fully saturated rings.